The Kier molecular flexibility index (Phi) is 5.11. The van der Waals surface area contributed by atoms with Gasteiger partial charge in [-0.05, 0) is 47.5 Å². The maximum Gasteiger partial charge on any atom is 0.225 e. The molecule has 3 rings (SSSR count). The zero-order valence-electron chi connectivity index (χ0n) is 14.0. The average Bonchev–Trinajstić information content (AvgIpc) is 3.11. The van der Waals surface area contributed by atoms with Gasteiger partial charge in [0.1, 0.15) is 0 Å². The highest BCUT2D eigenvalue weighted by molar-refractivity contribution is 7.10. The zero-order valence-corrected chi connectivity index (χ0v) is 14.8. The standard InChI is InChI=1S/C21H21NOS/c1-15-10-11-17(13-16(15)2)14-20(23)22-21(19-9-6-12-24-19)18-7-4-3-5-8-18/h3-13,21H,14H2,1-2H3,(H,22,23)/t21-/m1/s1. The van der Waals surface area contributed by atoms with Crippen LogP contribution in [0.3, 0.4) is 0 Å². The van der Waals surface area contributed by atoms with Crippen LogP contribution in [0.5, 0.6) is 0 Å². The first kappa shape index (κ1) is 16.5. The highest BCUT2D eigenvalue weighted by Crippen LogP contribution is 2.26. The van der Waals surface area contributed by atoms with E-state index in [2.05, 4.69) is 49.5 Å². The molecular weight excluding hydrogens is 314 g/mol. The number of carbonyl (C=O) groups is 1. The van der Waals surface area contributed by atoms with Gasteiger partial charge in [0, 0.05) is 4.88 Å². The third-order valence-electron chi connectivity index (χ3n) is 4.20. The van der Waals surface area contributed by atoms with Gasteiger partial charge in [-0.15, -0.1) is 11.3 Å². The van der Waals surface area contributed by atoms with Gasteiger partial charge in [0.2, 0.25) is 5.91 Å². The van der Waals surface area contributed by atoms with Crippen LogP contribution in [0.1, 0.15) is 33.2 Å². The molecule has 24 heavy (non-hydrogen) atoms. The topological polar surface area (TPSA) is 29.1 Å². The number of hydrogen-bond acceptors (Lipinski definition) is 2. The molecule has 0 saturated carbocycles. The van der Waals surface area contributed by atoms with Crippen molar-refractivity contribution in [1.29, 1.82) is 0 Å². The third-order valence-corrected chi connectivity index (χ3v) is 5.14. The first-order valence-electron chi connectivity index (χ1n) is 8.07. The Bertz CT molecular complexity index is 809. The van der Waals surface area contributed by atoms with Crippen LogP contribution in [0.4, 0.5) is 0 Å². The summed E-state index contributed by atoms with van der Waals surface area (Å²) in [5.41, 5.74) is 4.63. The summed E-state index contributed by atoms with van der Waals surface area (Å²) in [4.78, 5) is 13.7. The van der Waals surface area contributed by atoms with Crippen LogP contribution in [0.15, 0.2) is 66.0 Å². The van der Waals surface area contributed by atoms with Crippen molar-refractivity contribution in [1.82, 2.24) is 5.32 Å². The van der Waals surface area contributed by atoms with Crippen molar-refractivity contribution in [3.8, 4) is 0 Å². The molecule has 0 aliphatic carbocycles. The fourth-order valence-corrected chi connectivity index (χ4v) is 3.53. The Morgan fingerprint density at radius 2 is 1.79 bits per heavy atom. The van der Waals surface area contributed by atoms with Crippen molar-refractivity contribution in [3.05, 3.63) is 93.2 Å². The summed E-state index contributed by atoms with van der Waals surface area (Å²) in [7, 11) is 0. The second kappa shape index (κ2) is 7.45. The van der Waals surface area contributed by atoms with Crippen LogP contribution in [0, 0.1) is 13.8 Å². The van der Waals surface area contributed by atoms with E-state index in [1.165, 1.54) is 11.1 Å². The second-order valence-corrected chi connectivity index (χ2v) is 7.00. The Morgan fingerprint density at radius 1 is 1.00 bits per heavy atom. The first-order chi connectivity index (χ1) is 11.6. The number of carbonyl (C=O) groups excluding carboxylic acids is 1. The van der Waals surface area contributed by atoms with Crippen molar-refractivity contribution >= 4 is 17.2 Å². The van der Waals surface area contributed by atoms with Crippen LogP contribution in [0.2, 0.25) is 0 Å². The summed E-state index contributed by atoms with van der Waals surface area (Å²) in [6.07, 6.45) is 0.399. The molecule has 1 atom stereocenters. The lowest BCUT2D eigenvalue weighted by atomic mass is 10.0. The van der Waals surface area contributed by atoms with Crippen molar-refractivity contribution in [3.63, 3.8) is 0 Å². The molecule has 3 aromatic rings. The smallest absolute Gasteiger partial charge is 0.225 e. The summed E-state index contributed by atoms with van der Waals surface area (Å²) >= 11 is 1.66. The van der Waals surface area contributed by atoms with E-state index in [1.54, 1.807) is 11.3 Å². The van der Waals surface area contributed by atoms with Crippen molar-refractivity contribution < 1.29 is 4.79 Å². The summed E-state index contributed by atoms with van der Waals surface area (Å²) in [6.45, 7) is 4.16. The van der Waals surface area contributed by atoms with Gasteiger partial charge in [0.05, 0.1) is 12.5 Å². The fourth-order valence-electron chi connectivity index (χ4n) is 2.73. The number of rotatable bonds is 5. The summed E-state index contributed by atoms with van der Waals surface area (Å²) < 4.78 is 0. The molecule has 0 fully saturated rings. The van der Waals surface area contributed by atoms with E-state index < -0.39 is 0 Å². The van der Waals surface area contributed by atoms with Gasteiger partial charge in [-0.3, -0.25) is 4.79 Å². The van der Waals surface area contributed by atoms with Crippen molar-refractivity contribution in [2.24, 2.45) is 0 Å². The molecule has 122 valence electrons. The number of hydrogen-bond donors (Lipinski definition) is 1. The Labute approximate surface area is 147 Å². The van der Waals surface area contributed by atoms with Gasteiger partial charge in [-0.2, -0.15) is 0 Å². The maximum absolute atomic E-state index is 12.6. The van der Waals surface area contributed by atoms with E-state index in [-0.39, 0.29) is 11.9 Å². The number of thiophene rings is 1. The van der Waals surface area contributed by atoms with E-state index in [1.807, 2.05) is 35.7 Å². The molecule has 1 aromatic heterocycles. The molecular formula is C21H21NOS. The largest absolute Gasteiger partial charge is 0.344 e. The van der Waals surface area contributed by atoms with Crippen LogP contribution in [0.25, 0.3) is 0 Å². The van der Waals surface area contributed by atoms with Gasteiger partial charge in [-0.1, -0.05) is 54.6 Å². The molecule has 3 heteroatoms. The first-order valence-corrected chi connectivity index (χ1v) is 8.95. The molecule has 1 heterocycles. The van der Waals surface area contributed by atoms with Crippen molar-refractivity contribution in [2.45, 2.75) is 26.3 Å². The lowest BCUT2D eigenvalue weighted by Gasteiger charge is -2.18. The van der Waals surface area contributed by atoms with Gasteiger partial charge in [0.15, 0.2) is 0 Å². The van der Waals surface area contributed by atoms with Crippen LogP contribution in [-0.4, -0.2) is 5.91 Å². The van der Waals surface area contributed by atoms with E-state index in [9.17, 15) is 4.79 Å². The quantitative estimate of drug-likeness (QED) is 0.712. The number of nitrogens with one attached hydrogen (secondary N) is 1. The number of aryl methyl sites for hydroxylation is 2. The molecule has 0 aliphatic rings. The average molecular weight is 335 g/mol. The van der Waals surface area contributed by atoms with E-state index in [0.29, 0.717) is 6.42 Å². The minimum absolute atomic E-state index is 0.0421. The van der Waals surface area contributed by atoms with Gasteiger partial charge in [0.25, 0.3) is 0 Å². The summed E-state index contributed by atoms with van der Waals surface area (Å²) in [5, 5.41) is 5.23. The van der Waals surface area contributed by atoms with Crippen molar-refractivity contribution in [2.75, 3.05) is 0 Å². The zero-order chi connectivity index (χ0) is 16.9. The Balaban J connectivity index is 1.77. The highest BCUT2D eigenvalue weighted by Gasteiger charge is 2.17. The van der Waals surface area contributed by atoms with E-state index in [4.69, 9.17) is 0 Å². The molecule has 1 N–H and O–H groups in total. The highest BCUT2D eigenvalue weighted by atomic mass is 32.1. The minimum Gasteiger partial charge on any atom is -0.344 e. The monoisotopic (exact) mass is 335 g/mol. The summed E-state index contributed by atoms with van der Waals surface area (Å²) in [6, 6.07) is 20.3. The molecule has 0 radical (unpaired) electrons. The SMILES string of the molecule is Cc1ccc(CC(=O)N[C@H](c2ccccc2)c2cccs2)cc1C. The maximum atomic E-state index is 12.6. The molecule has 0 bridgehead atoms. The Morgan fingerprint density at radius 3 is 2.46 bits per heavy atom. The molecule has 2 aromatic carbocycles. The van der Waals surface area contributed by atoms with Gasteiger partial charge >= 0.3 is 0 Å². The fraction of sp³-hybridized carbons (Fsp3) is 0.190. The second-order valence-electron chi connectivity index (χ2n) is 6.02. The number of amides is 1. The Hall–Kier alpha value is -2.39. The van der Waals surface area contributed by atoms with Gasteiger partial charge < -0.3 is 5.32 Å². The lowest BCUT2D eigenvalue weighted by molar-refractivity contribution is -0.120. The molecule has 2 nitrogen and oxygen atoms in total. The molecule has 0 aliphatic heterocycles. The molecule has 0 spiro atoms. The number of benzene rings is 2. The summed E-state index contributed by atoms with van der Waals surface area (Å²) in [5.74, 6) is 0.0421. The predicted molar refractivity (Wildman–Crippen MR) is 100 cm³/mol. The third kappa shape index (κ3) is 3.92. The van der Waals surface area contributed by atoms with E-state index in [0.717, 1.165) is 16.0 Å². The minimum atomic E-state index is -0.0924. The van der Waals surface area contributed by atoms with Crippen LogP contribution in [-0.2, 0) is 11.2 Å². The molecule has 1 amide bonds. The van der Waals surface area contributed by atoms with Crippen LogP contribution < -0.4 is 5.32 Å². The van der Waals surface area contributed by atoms with Crippen LogP contribution >= 0.6 is 11.3 Å². The lowest BCUT2D eigenvalue weighted by Crippen LogP contribution is -2.30. The predicted octanol–water partition coefficient (Wildman–Crippen LogP) is 4.81. The van der Waals surface area contributed by atoms with Gasteiger partial charge in [-0.25, -0.2) is 0 Å². The normalized spacial score (nSPS) is 11.9. The molecule has 0 unspecified atom stereocenters. The van der Waals surface area contributed by atoms with E-state index >= 15 is 0 Å². The molecule has 0 saturated heterocycles.